The van der Waals surface area contributed by atoms with Crippen molar-refractivity contribution in [3.05, 3.63) is 35.9 Å². The van der Waals surface area contributed by atoms with Crippen molar-refractivity contribution >= 4 is 11.9 Å². The van der Waals surface area contributed by atoms with Gasteiger partial charge in [-0.1, -0.05) is 30.3 Å². The van der Waals surface area contributed by atoms with Crippen LogP contribution >= 0.6 is 0 Å². The number of carbonyl (C=O) groups excluding carboxylic acids is 2. The van der Waals surface area contributed by atoms with Crippen molar-refractivity contribution < 1.29 is 14.3 Å². The summed E-state index contributed by atoms with van der Waals surface area (Å²) in [6.07, 6.45) is 0.498. The highest BCUT2D eigenvalue weighted by Crippen LogP contribution is 2.17. The van der Waals surface area contributed by atoms with Gasteiger partial charge in [-0.15, -0.1) is 0 Å². The number of benzene rings is 1. The zero-order valence-corrected chi connectivity index (χ0v) is 13.6. The summed E-state index contributed by atoms with van der Waals surface area (Å²) in [4.78, 5) is 24.5. The summed E-state index contributed by atoms with van der Waals surface area (Å²) in [5, 5.41) is 6.10. The first-order chi connectivity index (χ1) is 10.2. The minimum atomic E-state index is -0.916. The molecule has 0 aliphatic carbocycles. The Morgan fingerprint density at radius 1 is 1.36 bits per heavy atom. The molecule has 1 aliphatic rings. The summed E-state index contributed by atoms with van der Waals surface area (Å²) in [5.74, 6) is -0.476. The van der Waals surface area contributed by atoms with Crippen LogP contribution in [-0.2, 0) is 20.7 Å². The van der Waals surface area contributed by atoms with E-state index in [-0.39, 0.29) is 24.0 Å². The van der Waals surface area contributed by atoms with Crippen molar-refractivity contribution in [2.75, 3.05) is 6.61 Å². The molecule has 0 aromatic heterocycles. The number of ether oxygens (including phenoxy) is 1. The number of amides is 1. The van der Waals surface area contributed by atoms with E-state index in [0.717, 1.165) is 5.56 Å². The molecule has 1 aromatic carbocycles. The predicted octanol–water partition coefficient (Wildman–Crippen LogP) is 1.42. The Balaban J connectivity index is 2.09. The average molecular weight is 304 g/mol. The summed E-state index contributed by atoms with van der Waals surface area (Å²) < 4.78 is 5.25. The summed E-state index contributed by atoms with van der Waals surface area (Å²) >= 11 is 0. The van der Waals surface area contributed by atoms with Gasteiger partial charge in [-0.3, -0.25) is 14.9 Å². The normalized spacial score (nSPS) is 25.5. The van der Waals surface area contributed by atoms with Gasteiger partial charge in [0.2, 0.25) is 5.91 Å². The highest BCUT2D eigenvalue weighted by molar-refractivity contribution is 5.89. The molecule has 22 heavy (non-hydrogen) atoms. The Morgan fingerprint density at radius 2 is 2.00 bits per heavy atom. The molecule has 1 fully saturated rings. The van der Waals surface area contributed by atoms with E-state index in [2.05, 4.69) is 10.6 Å². The third kappa shape index (κ3) is 4.07. The summed E-state index contributed by atoms with van der Waals surface area (Å²) in [5.41, 5.74) is -0.226. The predicted molar refractivity (Wildman–Crippen MR) is 84.3 cm³/mol. The lowest BCUT2D eigenvalue weighted by atomic mass is 9.94. The summed E-state index contributed by atoms with van der Waals surface area (Å²) in [6.45, 7) is 7.57. The van der Waals surface area contributed by atoms with Crippen LogP contribution in [-0.4, -0.2) is 35.6 Å². The maximum absolute atomic E-state index is 12.5. The lowest BCUT2D eigenvalue weighted by molar-refractivity contribution is -0.158. The second-order valence-corrected chi connectivity index (χ2v) is 7.03. The van der Waals surface area contributed by atoms with Crippen molar-refractivity contribution in [2.45, 2.75) is 51.2 Å². The SMILES string of the molecule is CC(C)(C)NC(=O)[C@@]1(C)COC(=O)[C@@H](Cc2ccccc2)N1. The molecule has 0 saturated carbocycles. The topological polar surface area (TPSA) is 67.4 Å². The fourth-order valence-electron chi connectivity index (χ4n) is 2.39. The van der Waals surface area contributed by atoms with Crippen LogP contribution in [0.5, 0.6) is 0 Å². The van der Waals surface area contributed by atoms with Crippen LogP contribution in [0.15, 0.2) is 30.3 Å². The van der Waals surface area contributed by atoms with Crippen molar-refractivity contribution in [1.82, 2.24) is 10.6 Å². The van der Waals surface area contributed by atoms with Crippen LogP contribution in [0.3, 0.4) is 0 Å². The minimum Gasteiger partial charge on any atom is -0.462 e. The van der Waals surface area contributed by atoms with Gasteiger partial charge in [0.15, 0.2) is 0 Å². The quantitative estimate of drug-likeness (QED) is 0.829. The summed E-state index contributed by atoms with van der Waals surface area (Å²) in [7, 11) is 0. The molecule has 2 atom stereocenters. The van der Waals surface area contributed by atoms with Crippen LogP contribution in [0.1, 0.15) is 33.3 Å². The summed E-state index contributed by atoms with van der Waals surface area (Å²) in [6, 6.07) is 9.17. The van der Waals surface area contributed by atoms with E-state index >= 15 is 0 Å². The molecule has 5 nitrogen and oxygen atoms in total. The molecule has 0 radical (unpaired) electrons. The Bertz CT molecular complexity index is 551. The molecule has 1 amide bonds. The van der Waals surface area contributed by atoms with Gasteiger partial charge in [-0.25, -0.2) is 0 Å². The molecule has 2 N–H and O–H groups in total. The second kappa shape index (κ2) is 6.08. The lowest BCUT2D eigenvalue weighted by Gasteiger charge is -2.39. The molecule has 1 heterocycles. The van der Waals surface area contributed by atoms with Crippen molar-refractivity contribution in [3.63, 3.8) is 0 Å². The molecule has 0 bridgehead atoms. The van der Waals surface area contributed by atoms with Gasteiger partial charge in [-0.05, 0) is 39.7 Å². The minimum absolute atomic E-state index is 0.0407. The number of esters is 1. The monoisotopic (exact) mass is 304 g/mol. The highest BCUT2D eigenvalue weighted by atomic mass is 16.5. The molecular formula is C17H24N2O3. The Morgan fingerprint density at radius 3 is 2.59 bits per heavy atom. The lowest BCUT2D eigenvalue weighted by Crippen LogP contribution is -2.68. The molecule has 5 heteroatoms. The van der Waals surface area contributed by atoms with Gasteiger partial charge in [0.1, 0.15) is 18.2 Å². The fraction of sp³-hybridized carbons (Fsp3) is 0.529. The van der Waals surface area contributed by atoms with Gasteiger partial charge in [0.05, 0.1) is 0 Å². The molecule has 1 aromatic rings. The van der Waals surface area contributed by atoms with E-state index in [1.807, 2.05) is 51.1 Å². The van der Waals surface area contributed by atoms with E-state index in [9.17, 15) is 9.59 Å². The maximum atomic E-state index is 12.5. The average Bonchev–Trinajstić information content (AvgIpc) is 2.42. The van der Waals surface area contributed by atoms with E-state index in [0.29, 0.717) is 6.42 Å². The number of nitrogens with one attached hydrogen (secondary N) is 2. The standard InChI is InChI=1S/C17H24N2O3/c1-16(2,3)19-15(21)17(4)11-22-14(20)13(18-17)10-12-8-6-5-7-9-12/h5-9,13,18H,10-11H2,1-4H3,(H,19,21)/t13-,17-/m1/s1. The fourth-order valence-corrected chi connectivity index (χ4v) is 2.39. The number of rotatable bonds is 3. The third-order valence-corrected chi connectivity index (χ3v) is 3.55. The van der Waals surface area contributed by atoms with Crippen molar-refractivity contribution in [1.29, 1.82) is 0 Å². The van der Waals surface area contributed by atoms with Crippen LogP contribution < -0.4 is 10.6 Å². The highest BCUT2D eigenvalue weighted by Gasteiger charge is 2.44. The van der Waals surface area contributed by atoms with Crippen LogP contribution in [0.2, 0.25) is 0 Å². The number of carbonyl (C=O) groups is 2. The number of hydrogen-bond acceptors (Lipinski definition) is 4. The second-order valence-electron chi connectivity index (χ2n) is 7.03. The number of morpholine rings is 1. The zero-order chi connectivity index (χ0) is 16.4. The van der Waals surface area contributed by atoms with Crippen LogP contribution in [0.4, 0.5) is 0 Å². The first kappa shape index (κ1) is 16.5. The molecule has 120 valence electrons. The number of hydrogen-bond donors (Lipinski definition) is 2. The molecule has 0 unspecified atom stereocenters. The Labute approximate surface area is 131 Å². The van der Waals surface area contributed by atoms with Gasteiger partial charge in [-0.2, -0.15) is 0 Å². The van der Waals surface area contributed by atoms with E-state index < -0.39 is 11.6 Å². The smallest absolute Gasteiger partial charge is 0.323 e. The molecule has 1 aliphatic heterocycles. The van der Waals surface area contributed by atoms with E-state index in [1.54, 1.807) is 6.92 Å². The van der Waals surface area contributed by atoms with E-state index in [4.69, 9.17) is 4.74 Å². The molecule has 1 saturated heterocycles. The largest absolute Gasteiger partial charge is 0.462 e. The van der Waals surface area contributed by atoms with Crippen molar-refractivity contribution in [3.8, 4) is 0 Å². The van der Waals surface area contributed by atoms with Gasteiger partial charge in [0, 0.05) is 5.54 Å². The Kier molecular flexibility index (Phi) is 4.56. The maximum Gasteiger partial charge on any atom is 0.323 e. The van der Waals surface area contributed by atoms with Gasteiger partial charge < -0.3 is 10.1 Å². The van der Waals surface area contributed by atoms with Crippen LogP contribution in [0, 0.1) is 0 Å². The van der Waals surface area contributed by atoms with Gasteiger partial charge >= 0.3 is 5.97 Å². The van der Waals surface area contributed by atoms with Gasteiger partial charge in [0.25, 0.3) is 0 Å². The first-order valence-electron chi connectivity index (χ1n) is 7.50. The Hall–Kier alpha value is -1.88. The van der Waals surface area contributed by atoms with Crippen LogP contribution in [0.25, 0.3) is 0 Å². The molecule has 0 spiro atoms. The number of cyclic esters (lactones) is 1. The van der Waals surface area contributed by atoms with E-state index in [1.165, 1.54) is 0 Å². The molecular weight excluding hydrogens is 280 g/mol. The molecule has 2 rings (SSSR count). The van der Waals surface area contributed by atoms with Crippen molar-refractivity contribution in [2.24, 2.45) is 0 Å². The third-order valence-electron chi connectivity index (χ3n) is 3.55. The first-order valence-corrected chi connectivity index (χ1v) is 7.50. The zero-order valence-electron chi connectivity index (χ0n) is 13.6.